The van der Waals surface area contributed by atoms with E-state index >= 15 is 9.13 Å². The molecule has 0 fully saturated rings. The molecule has 2 unspecified atom stereocenters. The molecule has 0 bridgehead atoms. The van der Waals surface area contributed by atoms with Crippen molar-refractivity contribution in [1.29, 1.82) is 0 Å². The van der Waals surface area contributed by atoms with Gasteiger partial charge < -0.3 is 10.2 Å². The summed E-state index contributed by atoms with van der Waals surface area (Å²) >= 11 is 3.60. The van der Waals surface area contributed by atoms with Crippen LogP contribution in [-0.4, -0.2) is 0 Å². The molecule has 8 nitrogen and oxygen atoms in total. The number of rotatable bonds is 13. The molecule has 0 saturated heterocycles. The standard InChI is InChI=1S/C51H40N3OP.C27H23N.C24H18BrN2OP/c1-51(2)45-27-16-15-26-44(45)50-46(51)28-17-29-48(50)52(39-32-30-38(31-33-39)37-18-7-3-8-19-37)42-34-35-47-49(36-42)54(41-22-11-5-12-23-41)56(55,43-24-13-6-14-25-43)53(47)40-20-9-4-10-21-40;1-27(2)23-12-7-6-11-22(23)26-24(27)13-8-14-25(26)28-21-17-15-20(16-18-21)19-9-4-3-5-10-19;25-19-16-17-23-24(18-19)27(21-12-6-2-7-13-21)29(28,22-14-8-3-9-15-22)26(23)20-10-4-1-5-11-20/h3-36H,1-2H3;3-18,28H,1-2H3;1-18H. The Hall–Kier alpha value is -12.7. The SMILES string of the molecule is CC1(C)c2ccccc2-c2c(N(c3ccc(-c4ccccc4)cc3)c3ccc4c(c3)N(c3ccccc3)P(=O)(c3ccccc3)N4c3ccccc3)cccc21.CC1(C)c2ccccc2-c2c(Nc3ccc(-c4ccccc4)cc3)cccc21.O=P1(c2ccccc2)N(c2ccccc2)c2ccc(Br)cc2N1c1ccccc1. The van der Waals surface area contributed by atoms with Gasteiger partial charge in [-0.2, -0.15) is 0 Å². The van der Waals surface area contributed by atoms with Gasteiger partial charge in [0.1, 0.15) is 0 Å². The Labute approximate surface area is 670 Å². The van der Waals surface area contributed by atoms with Gasteiger partial charge in [-0.15, -0.1) is 0 Å². The van der Waals surface area contributed by atoms with Gasteiger partial charge in [-0.3, -0.25) is 27.8 Å². The molecule has 0 saturated carbocycles. The van der Waals surface area contributed by atoms with Gasteiger partial charge in [-0.25, -0.2) is 0 Å². The van der Waals surface area contributed by atoms with Crippen LogP contribution in [0.4, 0.5) is 73.9 Å². The van der Waals surface area contributed by atoms with Gasteiger partial charge in [0.15, 0.2) is 0 Å². The third-order valence-electron chi connectivity index (χ3n) is 22.3. The fourth-order valence-electron chi connectivity index (χ4n) is 16.9. The summed E-state index contributed by atoms with van der Waals surface area (Å²) in [4.78, 5) is 2.38. The van der Waals surface area contributed by atoms with Crippen molar-refractivity contribution in [2.75, 3.05) is 28.9 Å². The number of hydrogen-bond donors (Lipinski definition) is 1. The van der Waals surface area contributed by atoms with Crippen LogP contribution >= 0.6 is 30.8 Å². The van der Waals surface area contributed by atoms with Crippen molar-refractivity contribution in [3.8, 4) is 44.5 Å². The molecule has 0 amide bonds. The number of hydrogen-bond acceptors (Lipinski definition) is 4. The molecule has 113 heavy (non-hydrogen) atoms. The molecule has 16 aromatic rings. The van der Waals surface area contributed by atoms with Crippen molar-refractivity contribution in [2.24, 2.45) is 0 Å². The molecular formula is C102H81BrN6O2P2. The first-order chi connectivity index (χ1) is 55.3. The highest BCUT2D eigenvalue weighted by Crippen LogP contribution is 2.72. The molecule has 0 radical (unpaired) electrons. The Kier molecular flexibility index (Phi) is 19.0. The third-order valence-corrected chi connectivity index (χ3v) is 28.7. The fourth-order valence-corrected chi connectivity index (χ4v) is 23.3. The summed E-state index contributed by atoms with van der Waals surface area (Å²) in [5.74, 6) is 0. The predicted octanol–water partition coefficient (Wildman–Crippen LogP) is 28.6. The second-order valence-corrected chi connectivity index (χ2v) is 35.5. The zero-order valence-corrected chi connectivity index (χ0v) is 66.5. The van der Waals surface area contributed by atoms with Crippen LogP contribution in [0.2, 0.25) is 0 Å². The number of fused-ring (bicyclic) bond motifs is 8. The maximum atomic E-state index is 16.3. The maximum absolute atomic E-state index is 16.3. The monoisotopic (exact) mass is 1560 g/mol. The van der Waals surface area contributed by atoms with Crippen LogP contribution in [0.3, 0.4) is 0 Å². The van der Waals surface area contributed by atoms with Crippen molar-refractivity contribution < 1.29 is 9.13 Å². The number of nitrogens with zero attached hydrogens (tertiary/aromatic N) is 5. The average molecular weight is 1560 g/mol. The fraction of sp³-hybridized carbons (Fsp3) is 0.0588. The highest BCUT2D eigenvalue weighted by atomic mass is 79.9. The largest absolute Gasteiger partial charge is 0.355 e. The number of benzene rings is 16. The highest BCUT2D eigenvalue weighted by molar-refractivity contribution is 9.10. The van der Waals surface area contributed by atoms with Gasteiger partial charge in [0, 0.05) is 71.9 Å². The molecule has 1 N–H and O–H groups in total. The van der Waals surface area contributed by atoms with E-state index in [0.717, 1.165) is 88.9 Å². The van der Waals surface area contributed by atoms with Crippen LogP contribution in [0.15, 0.2) is 417 Å². The van der Waals surface area contributed by atoms with Gasteiger partial charge in [0.25, 0.3) is 0 Å². The summed E-state index contributed by atoms with van der Waals surface area (Å²) in [7, 11) is -6.77. The quantitative estimate of drug-likeness (QED) is 0.115. The molecule has 16 aromatic carbocycles. The van der Waals surface area contributed by atoms with Gasteiger partial charge in [0.05, 0.1) is 39.0 Å². The van der Waals surface area contributed by atoms with E-state index in [2.05, 4.69) is 300 Å². The molecule has 4 aliphatic rings. The number of nitrogens with one attached hydrogen (secondary N) is 1. The van der Waals surface area contributed by atoms with Gasteiger partial charge in [0.2, 0.25) is 0 Å². The molecule has 548 valence electrons. The van der Waals surface area contributed by atoms with E-state index in [1.54, 1.807) is 0 Å². The van der Waals surface area contributed by atoms with E-state index in [-0.39, 0.29) is 10.8 Å². The Morgan fingerprint density at radius 1 is 0.292 bits per heavy atom. The third kappa shape index (κ3) is 12.8. The first-order valence-electron chi connectivity index (χ1n) is 38.3. The second-order valence-electron chi connectivity index (χ2n) is 29.7. The summed E-state index contributed by atoms with van der Waals surface area (Å²) in [5.41, 5.74) is 27.8. The lowest BCUT2D eigenvalue weighted by Gasteiger charge is -2.33. The zero-order chi connectivity index (χ0) is 76.8. The number of halogens is 1. The summed E-state index contributed by atoms with van der Waals surface area (Å²) in [5, 5.41) is 5.22. The maximum Gasteiger partial charge on any atom is 0.301 e. The van der Waals surface area contributed by atoms with E-state index in [9.17, 15) is 0 Å². The van der Waals surface area contributed by atoms with Crippen LogP contribution in [0.25, 0.3) is 44.5 Å². The first kappa shape index (κ1) is 71.8. The minimum Gasteiger partial charge on any atom is -0.355 e. The molecule has 2 heterocycles. The molecule has 11 heteroatoms. The molecule has 0 spiro atoms. The van der Waals surface area contributed by atoms with Gasteiger partial charge in [-0.1, -0.05) is 311 Å². The van der Waals surface area contributed by atoms with Crippen molar-refractivity contribution in [3.63, 3.8) is 0 Å². The normalized spacial score (nSPS) is 16.0. The Morgan fingerprint density at radius 3 is 1.09 bits per heavy atom. The lowest BCUT2D eigenvalue weighted by molar-refractivity contribution is 0.581. The Balaban J connectivity index is 0.000000131. The van der Waals surface area contributed by atoms with Gasteiger partial charge in [-0.05, 0) is 201 Å². The lowest BCUT2D eigenvalue weighted by atomic mass is 9.82. The highest BCUT2D eigenvalue weighted by Gasteiger charge is 2.51. The lowest BCUT2D eigenvalue weighted by Crippen LogP contribution is -2.26. The van der Waals surface area contributed by atoms with E-state index < -0.39 is 14.9 Å². The zero-order valence-electron chi connectivity index (χ0n) is 63.1. The van der Waals surface area contributed by atoms with Crippen LogP contribution in [0, 0.1) is 0 Å². The van der Waals surface area contributed by atoms with Crippen LogP contribution in [0.5, 0.6) is 0 Å². The average Bonchev–Trinajstić information content (AvgIpc) is 1.55. The van der Waals surface area contributed by atoms with Crippen LogP contribution < -0.4 is 39.5 Å². The minimum absolute atomic E-state index is 0.0286. The van der Waals surface area contributed by atoms with Crippen LogP contribution in [0.1, 0.15) is 49.9 Å². The molecule has 2 aliphatic carbocycles. The van der Waals surface area contributed by atoms with Crippen LogP contribution in [-0.2, 0) is 20.0 Å². The Bertz CT molecular complexity index is 6240. The van der Waals surface area contributed by atoms with Crippen molar-refractivity contribution in [1.82, 2.24) is 0 Å². The van der Waals surface area contributed by atoms with Crippen molar-refractivity contribution in [2.45, 2.75) is 38.5 Å². The summed E-state index contributed by atoms with van der Waals surface area (Å²) in [6.45, 7) is 9.28. The smallest absolute Gasteiger partial charge is 0.301 e. The molecular weight excluding hydrogens is 1480 g/mol. The molecule has 0 aromatic heterocycles. The van der Waals surface area contributed by atoms with E-state index in [1.165, 1.54) is 66.9 Å². The summed E-state index contributed by atoms with van der Waals surface area (Å²) in [6, 6.07) is 142. The topological polar surface area (TPSA) is 62.4 Å². The molecule has 20 rings (SSSR count). The Morgan fingerprint density at radius 2 is 0.628 bits per heavy atom. The second kappa shape index (κ2) is 29.8. The predicted molar refractivity (Wildman–Crippen MR) is 479 cm³/mol. The van der Waals surface area contributed by atoms with Crippen molar-refractivity contribution in [3.05, 3.63) is 439 Å². The molecule has 2 atom stereocenters. The number of anilines is 13. The van der Waals surface area contributed by atoms with E-state index in [0.29, 0.717) is 0 Å². The molecule has 2 aliphatic heterocycles. The van der Waals surface area contributed by atoms with Gasteiger partial charge >= 0.3 is 14.9 Å². The summed E-state index contributed by atoms with van der Waals surface area (Å²) in [6.07, 6.45) is 0. The number of para-hydroxylation sites is 4. The first-order valence-corrected chi connectivity index (χ1v) is 42.3. The summed E-state index contributed by atoms with van der Waals surface area (Å²) < 4.78 is 40.5. The van der Waals surface area contributed by atoms with E-state index in [4.69, 9.17) is 0 Å². The van der Waals surface area contributed by atoms with E-state index in [1.807, 2.05) is 185 Å². The minimum atomic E-state index is -3.53. The van der Waals surface area contributed by atoms with Crippen molar-refractivity contribution >= 4 is 115 Å².